The van der Waals surface area contributed by atoms with Crippen molar-refractivity contribution in [1.29, 1.82) is 0 Å². The molecule has 4 heteroatoms. The largest absolute Gasteiger partial charge is 0.469 e. The maximum absolute atomic E-state index is 10.7. The number of carbonyl (C=O) groups excluding carboxylic acids is 1. The third-order valence-electron chi connectivity index (χ3n) is 1.77. The molecule has 0 heterocycles. The smallest absolute Gasteiger partial charge is 0.306 e. The van der Waals surface area contributed by atoms with E-state index in [0.717, 1.165) is 0 Å². The number of carbonyl (C=O) groups is 1. The van der Waals surface area contributed by atoms with Crippen molar-refractivity contribution >= 4 is 5.97 Å². The molecule has 0 saturated carbocycles. The predicted molar refractivity (Wildman–Crippen MR) is 50.4 cm³/mol. The van der Waals surface area contributed by atoms with Crippen LogP contribution in [-0.2, 0) is 9.53 Å². The van der Waals surface area contributed by atoms with E-state index in [0.29, 0.717) is 19.5 Å². The monoisotopic (exact) mass is 189 g/mol. The summed E-state index contributed by atoms with van der Waals surface area (Å²) in [7, 11) is 1.37. The van der Waals surface area contributed by atoms with E-state index in [9.17, 15) is 4.79 Å². The second kappa shape index (κ2) is 5.94. The van der Waals surface area contributed by atoms with Crippen LogP contribution in [0, 0.1) is 5.41 Å². The molecular formula is C9H19NO3. The molecule has 0 aliphatic carbocycles. The number of nitrogens with one attached hydrogen (secondary N) is 1. The van der Waals surface area contributed by atoms with Gasteiger partial charge in [0, 0.05) is 25.1 Å². The third kappa shape index (κ3) is 6.54. The summed E-state index contributed by atoms with van der Waals surface area (Å²) < 4.78 is 4.48. The van der Waals surface area contributed by atoms with E-state index >= 15 is 0 Å². The zero-order valence-corrected chi connectivity index (χ0v) is 8.59. The molecule has 0 spiro atoms. The molecule has 13 heavy (non-hydrogen) atoms. The fourth-order valence-electron chi connectivity index (χ4n) is 0.775. The molecule has 0 amide bonds. The molecule has 0 aromatic heterocycles. The van der Waals surface area contributed by atoms with Gasteiger partial charge in [-0.3, -0.25) is 4.79 Å². The molecule has 0 bridgehead atoms. The Hall–Kier alpha value is -0.610. The molecule has 4 nitrogen and oxygen atoms in total. The lowest BCUT2D eigenvalue weighted by Crippen LogP contribution is -2.33. The Morgan fingerprint density at radius 2 is 2.15 bits per heavy atom. The van der Waals surface area contributed by atoms with Crippen LogP contribution in [-0.4, -0.2) is 37.9 Å². The van der Waals surface area contributed by atoms with Gasteiger partial charge in [-0.25, -0.2) is 0 Å². The molecule has 0 aromatic rings. The Bertz CT molecular complexity index is 157. The van der Waals surface area contributed by atoms with Gasteiger partial charge in [0.25, 0.3) is 0 Å². The van der Waals surface area contributed by atoms with E-state index in [1.165, 1.54) is 7.11 Å². The first-order valence-electron chi connectivity index (χ1n) is 4.40. The zero-order valence-electron chi connectivity index (χ0n) is 8.59. The highest BCUT2D eigenvalue weighted by Crippen LogP contribution is 2.10. The van der Waals surface area contributed by atoms with Gasteiger partial charge in [0.15, 0.2) is 0 Å². The van der Waals surface area contributed by atoms with Crippen molar-refractivity contribution in [1.82, 2.24) is 5.32 Å². The van der Waals surface area contributed by atoms with E-state index in [2.05, 4.69) is 10.1 Å². The van der Waals surface area contributed by atoms with Crippen LogP contribution >= 0.6 is 0 Å². The van der Waals surface area contributed by atoms with Gasteiger partial charge in [0.2, 0.25) is 0 Å². The van der Waals surface area contributed by atoms with Crippen molar-refractivity contribution in [3.63, 3.8) is 0 Å². The summed E-state index contributed by atoms with van der Waals surface area (Å²) in [5.74, 6) is -0.214. The fourth-order valence-corrected chi connectivity index (χ4v) is 0.775. The Balaban J connectivity index is 3.41. The van der Waals surface area contributed by atoms with Crippen molar-refractivity contribution in [2.45, 2.75) is 20.3 Å². The van der Waals surface area contributed by atoms with Crippen molar-refractivity contribution in [2.75, 3.05) is 26.8 Å². The van der Waals surface area contributed by atoms with Crippen LogP contribution in [0.3, 0.4) is 0 Å². The summed E-state index contributed by atoms with van der Waals surface area (Å²) in [6, 6.07) is 0. The maximum Gasteiger partial charge on any atom is 0.306 e. The average Bonchev–Trinajstić information content (AvgIpc) is 2.12. The molecule has 0 aliphatic rings. The van der Waals surface area contributed by atoms with Gasteiger partial charge in [-0.05, 0) is 0 Å². The van der Waals surface area contributed by atoms with Crippen LogP contribution in [0.2, 0.25) is 0 Å². The number of ether oxygens (including phenoxy) is 1. The molecular weight excluding hydrogens is 170 g/mol. The second-order valence-corrected chi connectivity index (χ2v) is 3.83. The lowest BCUT2D eigenvalue weighted by atomic mass is 9.95. The van der Waals surface area contributed by atoms with E-state index in [4.69, 9.17) is 5.11 Å². The van der Waals surface area contributed by atoms with E-state index in [1.807, 2.05) is 13.8 Å². The molecule has 0 aliphatic heterocycles. The zero-order chi connectivity index (χ0) is 10.3. The lowest BCUT2D eigenvalue weighted by Gasteiger charge is -2.21. The van der Waals surface area contributed by atoms with Crippen LogP contribution in [0.15, 0.2) is 0 Å². The average molecular weight is 189 g/mol. The van der Waals surface area contributed by atoms with Crippen LogP contribution in [0.25, 0.3) is 0 Å². The minimum Gasteiger partial charge on any atom is -0.469 e. The Kier molecular flexibility index (Phi) is 5.66. The molecule has 2 N–H and O–H groups in total. The maximum atomic E-state index is 10.7. The minimum absolute atomic E-state index is 0.129. The van der Waals surface area contributed by atoms with E-state index in [-0.39, 0.29) is 18.0 Å². The summed E-state index contributed by atoms with van der Waals surface area (Å²) in [5, 5.41) is 12.0. The number of hydrogen-bond donors (Lipinski definition) is 2. The SMILES string of the molecule is COC(=O)CCNCC(C)(C)CO. The normalized spacial score (nSPS) is 11.4. The van der Waals surface area contributed by atoms with Gasteiger partial charge in [-0.15, -0.1) is 0 Å². The third-order valence-corrected chi connectivity index (χ3v) is 1.77. The van der Waals surface area contributed by atoms with Crippen LogP contribution in [0.5, 0.6) is 0 Å². The van der Waals surface area contributed by atoms with Gasteiger partial charge in [-0.2, -0.15) is 0 Å². The Morgan fingerprint density at radius 1 is 1.54 bits per heavy atom. The van der Waals surface area contributed by atoms with E-state index in [1.54, 1.807) is 0 Å². The standard InChI is InChI=1S/C9H19NO3/c1-9(2,7-11)6-10-5-4-8(12)13-3/h10-11H,4-7H2,1-3H3. The number of aliphatic hydroxyl groups is 1. The minimum atomic E-state index is -0.214. The molecule has 0 fully saturated rings. The number of hydrogen-bond acceptors (Lipinski definition) is 4. The van der Waals surface area contributed by atoms with Gasteiger partial charge in [-0.1, -0.05) is 13.8 Å². The first kappa shape index (κ1) is 12.4. The molecule has 0 unspecified atom stereocenters. The fraction of sp³-hybridized carbons (Fsp3) is 0.889. The summed E-state index contributed by atoms with van der Waals surface area (Å²) in [4.78, 5) is 10.7. The molecule has 0 radical (unpaired) electrons. The highest BCUT2D eigenvalue weighted by Gasteiger charge is 2.15. The highest BCUT2D eigenvalue weighted by atomic mass is 16.5. The molecule has 0 aromatic carbocycles. The molecule has 0 atom stereocenters. The first-order chi connectivity index (χ1) is 6.02. The highest BCUT2D eigenvalue weighted by molar-refractivity contribution is 5.69. The summed E-state index contributed by atoms with van der Waals surface area (Å²) >= 11 is 0. The quantitative estimate of drug-likeness (QED) is 0.461. The van der Waals surface area contributed by atoms with Crippen molar-refractivity contribution in [3.8, 4) is 0 Å². The van der Waals surface area contributed by atoms with Crippen LogP contribution in [0.4, 0.5) is 0 Å². The predicted octanol–water partition coefficient (Wildman–Crippen LogP) is 0.158. The molecule has 78 valence electrons. The Labute approximate surface area is 79.3 Å². The summed E-state index contributed by atoms with van der Waals surface area (Å²) in [6.07, 6.45) is 0.373. The number of aliphatic hydroxyl groups excluding tert-OH is 1. The van der Waals surface area contributed by atoms with Crippen molar-refractivity contribution in [3.05, 3.63) is 0 Å². The van der Waals surface area contributed by atoms with Gasteiger partial charge < -0.3 is 15.2 Å². The van der Waals surface area contributed by atoms with Gasteiger partial charge in [0.1, 0.15) is 0 Å². The topological polar surface area (TPSA) is 58.6 Å². The van der Waals surface area contributed by atoms with Crippen LogP contribution in [0.1, 0.15) is 20.3 Å². The van der Waals surface area contributed by atoms with E-state index < -0.39 is 0 Å². The summed E-state index contributed by atoms with van der Waals surface area (Å²) in [5.41, 5.74) is -0.129. The number of methoxy groups -OCH3 is 1. The Morgan fingerprint density at radius 3 is 2.62 bits per heavy atom. The van der Waals surface area contributed by atoms with Gasteiger partial charge >= 0.3 is 5.97 Å². The first-order valence-corrected chi connectivity index (χ1v) is 4.40. The van der Waals surface area contributed by atoms with Crippen LogP contribution < -0.4 is 5.32 Å². The van der Waals surface area contributed by atoms with Crippen molar-refractivity contribution in [2.24, 2.45) is 5.41 Å². The molecule has 0 saturated heterocycles. The lowest BCUT2D eigenvalue weighted by molar-refractivity contribution is -0.140. The van der Waals surface area contributed by atoms with Crippen molar-refractivity contribution < 1.29 is 14.6 Å². The molecule has 0 rings (SSSR count). The number of rotatable bonds is 6. The van der Waals surface area contributed by atoms with Gasteiger partial charge in [0.05, 0.1) is 13.5 Å². The summed E-state index contributed by atoms with van der Waals surface area (Å²) in [6.45, 7) is 5.34. The second-order valence-electron chi connectivity index (χ2n) is 3.83. The number of esters is 1.